The summed E-state index contributed by atoms with van der Waals surface area (Å²) in [4.78, 5) is 42.5. The van der Waals surface area contributed by atoms with Gasteiger partial charge >= 0.3 is 5.97 Å². The second-order valence-corrected chi connectivity index (χ2v) is 7.79. The molecule has 1 aliphatic heterocycles. The third kappa shape index (κ3) is 3.64. The summed E-state index contributed by atoms with van der Waals surface area (Å²) in [7, 11) is 0. The van der Waals surface area contributed by atoms with E-state index in [-0.39, 0.29) is 36.8 Å². The largest absolute Gasteiger partial charge is 0.458 e. The van der Waals surface area contributed by atoms with Crippen molar-refractivity contribution in [3.63, 3.8) is 0 Å². The first-order valence-electron chi connectivity index (χ1n) is 9.14. The number of esters is 1. The number of carbonyl (C=O) groups is 3. The molecule has 2 aromatic rings. The maximum absolute atomic E-state index is 12.4. The summed E-state index contributed by atoms with van der Waals surface area (Å²) in [6, 6.07) is 9.77. The molecular weight excluding hydrogens is 364 g/mol. The van der Waals surface area contributed by atoms with Crippen molar-refractivity contribution < 1.29 is 19.1 Å². The van der Waals surface area contributed by atoms with Crippen molar-refractivity contribution >= 4 is 29.1 Å². The molecule has 2 atom stereocenters. The standard InChI is InChI=1S/C20H20N2O4S/c23-17(10-22-19(24)15-8-4-5-9-16(15)20(22)25)26-11-14-12-27-18(21-14)13-6-2-1-3-7-13/h1-3,6-7,12,15-16H,4-5,8-11H2/t15-,16-/m1/s1. The van der Waals surface area contributed by atoms with Crippen LogP contribution in [0.15, 0.2) is 35.7 Å². The Morgan fingerprint density at radius 1 is 1.11 bits per heavy atom. The number of rotatable bonds is 5. The Morgan fingerprint density at radius 2 is 1.78 bits per heavy atom. The lowest BCUT2D eigenvalue weighted by atomic mass is 9.81. The minimum absolute atomic E-state index is 0.0330. The molecule has 2 amide bonds. The van der Waals surface area contributed by atoms with Crippen molar-refractivity contribution in [1.82, 2.24) is 9.88 Å². The predicted octanol–water partition coefficient (Wildman–Crippen LogP) is 3.03. The summed E-state index contributed by atoms with van der Waals surface area (Å²) in [5.74, 6) is -1.51. The normalized spacial score (nSPS) is 22.0. The van der Waals surface area contributed by atoms with E-state index in [1.807, 2.05) is 35.7 Å². The van der Waals surface area contributed by atoms with Crippen LogP contribution in [0.25, 0.3) is 10.6 Å². The molecule has 1 aliphatic carbocycles. The molecule has 1 saturated carbocycles. The Bertz CT molecular complexity index is 840. The van der Waals surface area contributed by atoms with Gasteiger partial charge in [-0.05, 0) is 12.8 Å². The molecule has 0 N–H and O–H groups in total. The van der Waals surface area contributed by atoms with Crippen LogP contribution in [-0.2, 0) is 25.7 Å². The summed E-state index contributed by atoms with van der Waals surface area (Å²) in [6.45, 7) is -0.272. The van der Waals surface area contributed by atoms with E-state index >= 15 is 0 Å². The Labute approximate surface area is 161 Å². The topological polar surface area (TPSA) is 76.6 Å². The smallest absolute Gasteiger partial charge is 0.326 e. The van der Waals surface area contributed by atoms with Gasteiger partial charge < -0.3 is 4.74 Å². The van der Waals surface area contributed by atoms with E-state index in [1.165, 1.54) is 11.3 Å². The van der Waals surface area contributed by atoms with Gasteiger partial charge in [0.25, 0.3) is 0 Å². The number of aromatic nitrogens is 1. The van der Waals surface area contributed by atoms with Gasteiger partial charge in [0.05, 0.1) is 17.5 Å². The molecule has 0 unspecified atom stereocenters. The van der Waals surface area contributed by atoms with Crippen LogP contribution in [0.3, 0.4) is 0 Å². The lowest BCUT2D eigenvalue weighted by Gasteiger charge is -2.19. The number of carbonyl (C=O) groups excluding carboxylic acids is 3. The van der Waals surface area contributed by atoms with Crippen molar-refractivity contribution in [1.29, 1.82) is 0 Å². The van der Waals surface area contributed by atoms with E-state index in [0.29, 0.717) is 5.69 Å². The number of ether oxygens (including phenoxy) is 1. The third-order valence-electron chi connectivity index (χ3n) is 5.17. The van der Waals surface area contributed by atoms with E-state index in [1.54, 1.807) is 0 Å². The number of likely N-dealkylation sites (tertiary alicyclic amines) is 1. The minimum atomic E-state index is -0.579. The molecule has 1 aromatic heterocycles. The molecule has 140 valence electrons. The summed E-state index contributed by atoms with van der Waals surface area (Å²) in [6.07, 6.45) is 3.40. The molecule has 2 aliphatic rings. The van der Waals surface area contributed by atoms with Gasteiger partial charge in [0.1, 0.15) is 18.2 Å². The number of fused-ring (bicyclic) bond motifs is 1. The molecule has 0 radical (unpaired) electrons. The van der Waals surface area contributed by atoms with Gasteiger partial charge in [0.2, 0.25) is 11.8 Å². The number of nitrogens with zero attached hydrogens (tertiary/aromatic N) is 2. The van der Waals surface area contributed by atoms with Crippen LogP contribution in [0.4, 0.5) is 0 Å². The van der Waals surface area contributed by atoms with Crippen LogP contribution in [0.1, 0.15) is 31.4 Å². The van der Waals surface area contributed by atoms with E-state index in [0.717, 1.165) is 41.2 Å². The zero-order valence-corrected chi connectivity index (χ0v) is 15.6. The molecule has 4 rings (SSSR count). The maximum atomic E-state index is 12.4. The van der Waals surface area contributed by atoms with Gasteiger partial charge in [0.15, 0.2) is 0 Å². The minimum Gasteiger partial charge on any atom is -0.458 e. The van der Waals surface area contributed by atoms with Crippen LogP contribution in [0.5, 0.6) is 0 Å². The fraction of sp³-hybridized carbons (Fsp3) is 0.400. The summed E-state index contributed by atoms with van der Waals surface area (Å²) in [5.41, 5.74) is 1.66. The average Bonchev–Trinajstić information content (AvgIpc) is 3.27. The molecule has 1 aromatic carbocycles. The van der Waals surface area contributed by atoms with E-state index in [4.69, 9.17) is 4.74 Å². The monoisotopic (exact) mass is 384 g/mol. The zero-order valence-electron chi connectivity index (χ0n) is 14.8. The Balaban J connectivity index is 1.33. The highest BCUT2D eigenvalue weighted by Crippen LogP contribution is 2.37. The van der Waals surface area contributed by atoms with Crippen LogP contribution >= 0.6 is 11.3 Å². The molecule has 0 spiro atoms. The number of hydrogen-bond acceptors (Lipinski definition) is 6. The first-order valence-corrected chi connectivity index (χ1v) is 10.0. The highest BCUT2D eigenvalue weighted by molar-refractivity contribution is 7.13. The highest BCUT2D eigenvalue weighted by atomic mass is 32.1. The fourth-order valence-electron chi connectivity index (χ4n) is 3.80. The van der Waals surface area contributed by atoms with Crippen molar-refractivity contribution in [3.8, 4) is 10.6 Å². The SMILES string of the molecule is O=C(CN1C(=O)[C@@H]2CCCC[C@H]2C1=O)OCc1csc(-c2ccccc2)n1. The molecular formula is C20H20N2O4S. The van der Waals surface area contributed by atoms with Crippen molar-refractivity contribution in [3.05, 3.63) is 41.4 Å². The number of imide groups is 1. The molecule has 7 heteroatoms. The number of thiazole rings is 1. The van der Waals surface area contributed by atoms with Crippen molar-refractivity contribution in [2.75, 3.05) is 6.54 Å². The number of benzene rings is 1. The van der Waals surface area contributed by atoms with Gasteiger partial charge in [-0.1, -0.05) is 43.2 Å². The maximum Gasteiger partial charge on any atom is 0.326 e. The van der Waals surface area contributed by atoms with Gasteiger partial charge in [-0.2, -0.15) is 0 Å². The van der Waals surface area contributed by atoms with Crippen molar-refractivity contribution in [2.45, 2.75) is 32.3 Å². The molecule has 1 saturated heterocycles. The van der Waals surface area contributed by atoms with Gasteiger partial charge in [-0.25, -0.2) is 4.98 Å². The summed E-state index contributed by atoms with van der Waals surface area (Å²) in [5, 5.41) is 2.70. The molecule has 2 fully saturated rings. The van der Waals surface area contributed by atoms with E-state index in [2.05, 4.69) is 4.98 Å². The molecule has 6 nitrogen and oxygen atoms in total. The Kier molecular flexibility index (Phi) is 5.03. The van der Waals surface area contributed by atoms with E-state index in [9.17, 15) is 14.4 Å². The van der Waals surface area contributed by atoms with E-state index < -0.39 is 5.97 Å². The summed E-state index contributed by atoms with van der Waals surface area (Å²) >= 11 is 1.48. The second kappa shape index (κ2) is 7.60. The zero-order chi connectivity index (χ0) is 18.8. The third-order valence-corrected chi connectivity index (χ3v) is 6.11. The van der Waals surface area contributed by atoms with Gasteiger partial charge in [-0.15, -0.1) is 11.3 Å². The Morgan fingerprint density at radius 3 is 2.44 bits per heavy atom. The second-order valence-electron chi connectivity index (χ2n) is 6.93. The van der Waals surface area contributed by atoms with Crippen LogP contribution in [0.2, 0.25) is 0 Å². The number of hydrogen-bond donors (Lipinski definition) is 0. The van der Waals surface area contributed by atoms with Crippen LogP contribution < -0.4 is 0 Å². The highest BCUT2D eigenvalue weighted by Gasteiger charge is 2.48. The van der Waals surface area contributed by atoms with Crippen molar-refractivity contribution in [2.24, 2.45) is 11.8 Å². The first kappa shape index (κ1) is 17.9. The van der Waals surface area contributed by atoms with Gasteiger partial charge in [-0.3, -0.25) is 19.3 Å². The predicted molar refractivity (Wildman–Crippen MR) is 99.5 cm³/mol. The Hall–Kier alpha value is -2.54. The number of amides is 2. The average molecular weight is 384 g/mol. The first-order chi connectivity index (χ1) is 13.1. The molecule has 0 bridgehead atoms. The van der Waals surface area contributed by atoms with Gasteiger partial charge in [0, 0.05) is 10.9 Å². The molecule has 2 heterocycles. The lowest BCUT2D eigenvalue weighted by molar-refractivity contribution is -0.153. The quantitative estimate of drug-likeness (QED) is 0.585. The van der Waals surface area contributed by atoms with Crippen LogP contribution in [-0.4, -0.2) is 34.2 Å². The van der Waals surface area contributed by atoms with Crippen LogP contribution in [0, 0.1) is 11.8 Å². The molecule has 27 heavy (non-hydrogen) atoms. The lowest BCUT2D eigenvalue weighted by Crippen LogP contribution is -2.36. The fourth-order valence-corrected chi connectivity index (χ4v) is 4.61. The summed E-state index contributed by atoms with van der Waals surface area (Å²) < 4.78 is 5.25.